The first-order valence-corrected chi connectivity index (χ1v) is 5.01. The van der Waals surface area contributed by atoms with E-state index in [2.05, 4.69) is 24.4 Å². The van der Waals surface area contributed by atoms with Crippen molar-refractivity contribution in [3.63, 3.8) is 0 Å². The molecule has 0 aliphatic carbocycles. The van der Waals surface area contributed by atoms with E-state index < -0.39 is 0 Å². The summed E-state index contributed by atoms with van der Waals surface area (Å²) in [5, 5.41) is 3.29. The summed E-state index contributed by atoms with van der Waals surface area (Å²) in [5.41, 5.74) is 3.43. The van der Waals surface area contributed by atoms with Gasteiger partial charge in [0.1, 0.15) is 0 Å². The van der Waals surface area contributed by atoms with E-state index in [-0.39, 0.29) is 0 Å². The van der Waals surface area contributed by atoms with E-state index in [1.807, 2.05) is 32.1 Å². The molecule has 0 aromatic heterocycles. The van der Waals surface area contributed by atoms with Crippen LogP contribution in [0.5, 0.6) is 0 Å². The number of aryl methyl sites for hydroxylation is 1. The monoisotopic (exact) mass is 205 g/mol. The van der Waals surface area contributed by atoms with Gasteiger partial charge in [0.2, 0.25) is 0 Å². The molecule has 1 aromatic rings. The van der Waals surface area contributed by atoms with Crippen molar-refractivity contribution in [3.05, 3.63) is 41.6 Å². The van der Waals surface area contributed by atoms with Crippen molar-refractivity contribution in [2.75, 3.05) is 5.32 Å². The number of nitrogens with one attached hydrogen (secondary N) is 1. The quantitative estimate of drug-likeness (QED) is 0.596. The Kier molecular flexibility index (Phi) is 3.84. The molecule has 0 saturated heterocycles. The highest BCUT2D eigenvalue weighted by Gasteiger charge is 1.93. The first-order valence-electron chi connectivity index (χ1n) is 4.60. The standard InChI is InChI=1S/C12H15NS/c1-9-5-4-6-12(7-9)13-10(2)8-11(3)14/h4-8,13H,1-3H3/b10-8-. The molecule has 0 atom stereocenters. The minimum atomic E-state index is 0.891. The Bertz CT molecular complexity index is 366. The fourth-order valence-electron chi connectivity index (χ4n) is 1.29. The lowest BCUT2D eigenvalue weighted by atomic mass is 10.2. The van der Waals surface area contributed by atoms with Gasteiger partial charge in [-0.25, -0.2) is 0 Å². The number of hydrogen-bond acceptors (Lipinski definition) is 2. The number of thiocarbonyl (C=S) groups is 1. The van der Waals surface area contributed by atoms with E-state index in [0.717, 1.165) is 16.2 Å². The molecule has 0 radical (unpaired) electrons. The van der Waals surface area contributed by atoms with Gasteiger partial charge in [0.25, 0.3) is 0 Å². The molecule has 1 nitrogen and oxygen atoms in total. The average Bonchev–Trinajstić information content (AvgIpc) is 2.01. The summed E-state index contributed by atoms with van der Waals surface area (Å²) in [7, 11) is 0. The zero-order valence-electron chi connectivity index (χ0n) is 8.79. The largest absolute Gasteiger partial charge is 0.359 e. The van der Waals surface area contributed by atoms with Crippen LogP contribution in [0.4, 0.5) is 5.69 Å². The molecule has 1 rings (SSSR count). The van der Waals surface area contributed by atoms with Gasteiger partial charge in [-0.3, -0.25) is 0 Å². The minimum Gasteiger partial charge on any atom is -0.359 e. The fourth-order valence-corrected chi connectivity index (χ4v) is 1.47. The molecule has 0 heterocycles. The number of benzene rings is 1. The maximum absolute atomic E-state index is 5.00. The molecule has 0 amide bonds. The van der Waals surface area contributed by atoms with Crippen molar-refractivity contribution in [3.8, 4) is 0 Å². The summed E-state index contributed by atoms with van der Waals surface area (Å²) in [4.78, 5) is 0.891. The highest BCUT2D eigenvalue weighted by molar-refractivity contribution is 7.80. The molecule has 0 aliphatic rings. The normalized spacial score (nSPS) is 11.2. The van der Waals surface area contributed by atoms with Gasteiger partial charge >= 0.3 is 0 Å². The first-order chi connectivity index (χ1) is 6.58. The second kappa shape index (κ2) is 4.91. The van der Waals surface area contributed by atoms with E-state index in [9.17, 15) is 0 Å². The van der Waals surface area contributed by atoms with Crippen LogP contribution in [0.2, 0.25) is 0 Å². The Morgan fingerprint density at radius 3 is 2.64 bits per heavy atom. The van der Waals surface area contributed by atoms with Gasteiger partial charge in [-0.15, -0.1) is 0 Å². The van der Waals surface area contributed by atoms with Crippen molar-refractivity contribution in [1.29, 1.82) is 0 Å². The third-order valence-electron chi connectivity index (χ3n) is 1.78. The predicted octanol–water partition coefficient (Wildman–Crippen LogP) is 3.70. The van der Waals surface area contributed by atoms with Crippen molar-refractivity contribution in [1.82, 2.24) is 0 Å². The molecule has 74 valence electrons. The third-order valence-corrected chi connectivity index (χ3v) is 1.90. The minimum absolute atomic E-state index is 0.891. The summed E-state index contributed by atoms with van der Waals surface area (Å²) in [6, 6.07) is 8.27. The van der Waals surface area contributed by atoms with E-state index in [0.29, 0.717) is 0 Å². The topological polar surface area (TPSA) is 12.0 Å². The summed E-state index contributed by atoms with van der Waals surface area (Å²) in [6.45, 7) is 6.00. The van der Waals surface area contributed by atoms with E-state index in [1.54, 1.807) is 0 Å². The summed E-state index contributed by atoms with van der Waals surface area (Å²) in [5.74, 6) is 0. The fraction of sp³-hybridized carbons (Fsp3) is 0.250. The van der Waals surface area contributed by atoms with Crippen LogP contribution >= 0.6 is 12.2 Å². The van der Waals surface area contributed by atoms with Crippen molar-refractivity contribution < 1.29 is 0 Å². The van der Waals surface area contributed by atoms with Crippen molar-refractivity contribution >= 4 is 22.8 Å². The molecule has 0 fully saturated rings. The average molecular weight is 205 g/mol. The molecule has 1 N–H and O–H groups in total. The zero-order valence-corrected chi connectivity index (χ0v) is 9.61. The summed E-state index contributed by atoms with van der Waals surface area (Å²) in [6.07, 6.45) is 1.96. The number of hydrogen-bond donors (Lipinski definition) is 1. The Labute approximate surface area is 90.8 Å². The van der Waals surface area contributed by atoms with Gasteiger partial charge < -0.3 is 5.32 Å². The van der Waals surface area contributed by atoms with Crippen LogP contribution in [0.3, 0.4) is 0 Å². The van der Waals surface area contributed by atoms with E-state index in [1.165, 1.54) is 5.56 Å². The number of allylic oxidation sites excluding steroid dienone is 2. The number of anilines is 1. The molecule has 1 aromatic carbocycles. The molecule has 0 aliphatic heterocycles. The lowest BCUT2D eigenvalue weighted by Gasteiger charge is -2.06. The van der Waals surface area contributed by atoms with Crippen molar-refractivity contribution in [2.45, 2.75) is 20.8 Å². The van der Waals surface area contributed by atoms with Crippen LogP contribution in [0.1, 0.15) is 19.4 Å². The van der Waals surface area contributed by atoms with Crippen LogP contribution in [-0.4, -0.2) is 4.86 Å². The summed E-state index contributed by atoms with van der Waals surface area (Å²) >= 11 is 5.00. The highest BCUT2D eigenvalue weighted by Crippen LogP contribution is 2.11. The molecular formula is C12H15NS. The van der Waals surface area contributed by atoms with Gasteiger partial charge in [0, 0.05) is 16.2 Å². The maximum atomic E-state index is 5.00. The molecule has 0 spiro atoms. The predicted molar refractivity (Wildman–Crippen MR) is 66.8 cm³/mol. The molecule has 2 heteroatoms. The smallest absolute Gasteiger partial charge is 0.0384 e. The van der Waals surface area contributed by atoms with Gasteiger partial charge in [0.15, 0.2) is 0 Å². The Balaban J connectivity index is 2.74. The highest BCUT2D eigenvalue weighted by atomic mass is 32.1. The third kappa shape index (κ3) is 3.71. The second-order valence-electron chi connectivity index (χ2n) is 3.43. The van der Waals surface area contributed by atoms with E-state index in [4.69, 9.17) is 12.2 Å². The number of rotatable bonds is 3. The van der Waals surface area contributed by atoms with Crippen LogP contribution in [0.25, 0.3) is 0 Å². The molecule has 0 saturated carbocycles. The van der Waals surface area contributed by atoms with Crippen LogP contribution in [-0.2, 0) is 0 Å². The lowest BCUT2D eigenvalue weighted by Crippen LogP contribution is -1.97. The maximum Gasteiger partial charge on any atom is 0.0384 e. The summed E-state index contributed by atoms with van der Waals surface area (Å²) < 4.78 is 0. The molecule has 0 unspecified atom stereocenters. The van der Waals surface area contributed by atoms with Crippen molar-refractivity contribution in [2.24, 2.45) is 0 Å². The Morgan fingerprint density at radius 1 is 1.36 bits per heavy atom. The van der Waals surface area contributed by atoms with Gasteiger partial charge in [-0.1, -0.05) is 24.4 Å². The van der Waals surface area contributed by atoms with Crippen LogP contribution in [0.15, 0.2) is 36.0 Å². The molecule has 0 bridgehead atoms. The Morgan fingerprint density at radius 2 is 2.07 bits per heavy atom. The molecule has 14 heavy (non-hydrogen) atoms. The SMILES string of the molecule is CC(=S)/C=C(/C)Nc1cccc(C)c1. The van der Waals surface area contributed by atoms with Gasteiger partial charge in [-0.05, 0) is 44.5 Å². The van der Waals surface area contributed by atoms with Crippen LogP contribution in [0, 0.1) is 6.92 Å². The van der Waals surface area contributed by atoms with Gasteiger partial charge in [0.05, 0.1) is 0 Å². The lowest BCUT2D eigenvalue weighted by molar-refractivity contribution is 1.36. The van der Waals surface area contributed by atoms with E-state index >= 15 is 0 Å². The molecular weight excluding hydrogens is 190 g/mol. The first kappa shape index (κ1) is 10.9. The zero-order chi connectivity index (χ0) is 10.6. The van der Waals surface area contributed by atoms with Crippen LogP contribution < -0.4 is 5.32 Å². The van der Waals surface area contributed by atoms with Gasteiger partial charge in [-0.2, -0.15) is 0 Å². The second-order valence-corrected chi connectivity index (χ2v) is 4.08. The Hall–Kier alpha value is -1.15.